The summed E-state index contributed by atoms with van der Waals surface area (Å²) < 4.78 is 5.48. The van der Waals surface area contributed by atoms with Crippen LogP contribution >= 0.6 is 0 Å². The fraction of sp³-hybridized carbons (Fsp3) is 0.611. The Bertz CT molecular complexity index is 499. The maximum Gasteiger partial charge on any atom is 0.410 e. The average Bonchev–Trinajstić information content (AvgIpc) is 2.96. The molecule has 5 nitrogen and oxygen atoms in total. The SMILES string of the molecule is CC(C)(C)OC(=O)N1CCCC1CN[C@@H](CO)c1ccccc1. The third-order valence-corrected chi connectivity index (χ3v) is 3.99. The number of ether oxygens (including phenoxy) is 1. The molecule has 1 heterocycles. The Balaban J connectivity index is 1.92. The van der Waals surface area contributed by atoms with E-state index in [0.29, 0.717) is 6.54 Å². The summed E-state index contributed by atoms with van der Waals surface area (Å²) in [6, 6.07) is 9.87. The summed E-state index contributed by atoms with van der Waals surface area (Å²) in [5, 5.41) is 13.0. The summed E-state index contributed by atoms with van der Waals surface area (Å²) in [5.41, 5.74) is 0.576. The van der Waals surface area contributed by atoms with Crippen molar-refractivity contribution >= 4 is 6.09 Å². The van der Waals surface area contributed by atoms with Crippen molar-refractivity contribution < 1.29 is 14.6 Å². The number of hydrogen-bond acceptors (Lipinski definition) is 4. The van der Waals surface area contributed by atoms with Crippen LogP contribution in [0.4, 0.5) is 4.79 Å². The smallest absolute Gasteiger partial charge is 0.410 e. The van der Waals surface area contributed by atoms with Crippen LogP contribution in [0.2, 0.25) is 0 Å². The number of rotatable bonds is 5. The number of benzene rings is 1. The van der Waals surface area contributed by atoms with Crippen LogP contribution in [0.15, 0.2) is 30.3 Å². The van der Waals surface area contributed by atoms with Gasteiger partial charge in [-0.2, -0.15) is 0 Å². The third kappa shape index (κ3) is 5.22. The van der Waals surface area contributed by atoms with Crippen molar-refractivity contribution in [2.24, 2.45) is 0 Å². The van der Waals surface area contributed by atoms with Gasteiger partial charge in [-0.1, -0.05) is 30.3 Å². The van der Waals surface area contributed by atoms with Crippen LogP contribution in [0.25, 0.3) is 0 Å². The molecule has 0 aliphatic carbocycles. The second kappa shape index (κ2) is 7.79. The zero-order chi connectivity index (χ0) is 16.9. The van der Waals surface area contributed by atoms with Crippen LogP contribution in [0.3, 0.4) is 0 Å². The first-order valence-corrected chi connectivity index (χ1v) is 8.29. The molecule has 0 bridgehead atoms. The van der Waals surface area contributed by atoms with Gasteiger partial charge in [-0.15, -0.1) is 0 Å². The molecule has 2 N–H and O–H groups in total. The summed E-state index contributed by atoms with van der Waals surface area (Å²) in [4.78, 5) is 14.1. The molecule has 1 saturated heterocycles. The van der Waals surface area contributed by atoms with Gasteiger partial charge in [0.1, 0.15) is 5.60 Å². The molecule has 23 heavy (non-hydrogen) atoms. The topological polar surface area (TPSA) is 61.8 Å². The molecule has 1 aromatic carbocycles. The lowest BCUT2D eigenvalue weighted by atomic mass is 10.1. The Morgan fingerprint density at radius 1 is 1.39 bits per heavy atom. The van der Waals surface area contributed by atoms with Gasteiger partial charge in [0.25, 0.3) is 0 Å². The van der Waals surface area contributed by atoms with E-state index in [1.54, 1.807) is 4.90 Å². The summed E-state index contributed by atoms with van der Waals surface area (Å²) in [6.45, 7) is 7.06. The predicted molar refractivity (Wildman–Crippen MR) is 90.2 cm³/mol. The molecule has 128 valence electrons. The number of carbonyl (C=O) groups is 1. The lowest BCUT2D eigenvalue weighted by molar-refractivity contribution is 0.0223. The monoisotopic (exact) mass is 320 g/mol. The maximum atomic E-state index is 12.3. The summed E-state index contributed by atoms with van der Waals surface area (Å²) in [6.07, 6.45) is 1.70. The molecular weight excluding hydrogens is 292 g/mol. The van der Waals surface area contributed by atoms with Crippen LogP contribution in [0.1, 0.15) is 45.2 Å². The van der Waals surface area contributed by atoms with Gasteiger partial charge in [-0.3, -0.25) is 0 Å². The number of aliphatic hydroxyl groups excluding tert-OH is 1. The van der Waals surface area contributed by atoms with E-state index in [1.165, 1.54) is 0 Å². The van der Waals surface area contributed by atoms with E-state index < -0.39 is 5.60 Å². The van der Waals surface area contributed by atoms with E-state index in [2.05, 4.69) is 5.32 Å². The highest BCUT2D eigenvalue weighted by atomic mass is 16.6. The number of amides is 1. The van der Waals surface area contributed by atoms with E-state index in [0.717, 1.165) is 24.9 Å². The minimum atomic E-state index is -0.477. The van der Waals surface area contributed by atoms with Crippen molar-refractivity contribution in [1.29, 1.82) is 0 Å². The Morgan fingerprint density at radius 2 is 2.09 bits per heavy atom. The largest absolute Gasteiger partial charge is 0.444 e. The average molecular weight is 320 g/mol. The zero-order valence-corrected chi connectivity index (χ0v) is 14.3. The molecule has 0 radical (unpaired) electrons. The molecule has 1 fully saturated rings. The number of nitrogens with one attached hydrogen (secondary N) is 1. The maximum absolute atomic E-state index is 12.3. The summed E-state index contributed by atoms with van der Waals surface area (Å²) >= 11 is 0. The van der Waals surface area contributed by atoms with Crippen LogP contribution in [0, 0.1) is 0 Å². The van der Waals surface area contributed by atoms with Gasteiger partial charge in [0.15, 0.2) is 0 Å². The van der Waals surface area contributed by atoms with E-state index in [4.69, 9.17) is 4.74 Å². The number of likely N-dealkylation sites (tertiary alicyclic amines) is 1. The summed E-state index contributed by atoms with van der Waals surface area (Å²) in [7, 11) is 0. The van der Waals surface area contributed by atoms with Crippen molar-refractivity contribution in [1.82, 2.24) is 10.2 Å². The molecule has 0 aromatic heterocycles. The predicted octanol–water partition coefficient (Wildman–Crippen LogP) is 2.71. The van der Waals surface area contributed by atoms with E-state index >= 15 is 0 Å². The van der Waals surface area contributed by atoms with Gasteiger partial charge >= 0.3 is 6.09 Å². The Hall–Kier alpha value is -1.59. The minimum absolute atomic E-state index is 0.0309. The molecule has 0 saturated carbocycles. The first kappa shape index (κ1) is 17.8. The van der Waals surface area contributed by atoms with E-state index in [1.807, 2.05) is 51.1 Å². The molecule has 2 rings (SSSR count). The highest BCUT2D eigenvalue weighted by molar-refractivity contribution is 5.69. The van der Waals surface area contributed by atoms with Crippen molar-refractivity contribution in [2.75, 3.05) is 19.7 Å². The van der Waals surface area contributed by atoms with Gasteiger partial charge in [0, 0.05) is 19.1 Å². The van der Waals surface area contributed by atoms with Gasteiger partial charge in [-0.05, 0) is 39.2 Å². The van der Waals surface area contributed by atoms with E-state index in [-0.39, 0.29) is 24.8 Å². The van der Waals surface area contributed by atoms with Crippen LogP contribution in [-0.4, -0.2) is 47.4 Å². The highest BCUT2D eigenvalue weighted by Gasteiger charge is 2.32. The Labute approximate surface area is 138 Å². The lowest BCUT2D eigenvalue weighted by Gasteiger charge is -2.29. The minimum Gasteiger partial charge on any atom is -0.444 e. The number of nitrogens with zero attached hydrogens (tertiary/aromatic N) is 1. The molecular formula is C18H28N2O3. The first-order valence-electron chi connectivity index (χ1n) is 8.29. The summed E-state index contributed by atoms with van der Waals surface area (Å²) in [5.74, 6) is 0. The number of hydrogen-bond donors (Lipinski definition) is 2. The quantitative estimate of drug-likeness (QED) is 0.876. The molecule has 0 spiro atoms. The number of carbonyl (C=O) groups excluding carboxylic acids is 1. The standard InChI is InChI=1S/C18H28N2O3/c1-18(2,3)23-17(22)20-11-7-10-15(20)12-19-16(13-21)14-8-5-4-6-9-14/h4-6,8-9,15-16,19,21H,7,10-13H2,1-3H3/t15?,16-/m0/s1. The van der Waals surface area contributed by atoms with Crippen LogP contribution < -0.4 is 5.32 Å². The number of aliphatic hydroxyl groups is 1. The van der Waals surface area contributed by atoms with Crippen LogP contribution in [-0.2, 0) is 4.74 Å². The molecule has 1 amide bonds. The van der Waals surface area contributed by atoms with Gasteiger partial charge in [0.05, 0.1) is 12.6 Å². The second-order valence-electron chi connectivity index (χ2n) is 7.02. The molecule has 1 aromatic rings. The Morgan fingerprint density at radius 3 is 2.70 bits per heavy atom. The molecule has 2 atom stereocenters. The first-order chi connectivity index (χ1) is 10.9. The van der Waals surface area contributed by atoms with Crippen molar-refractivity contribution in [3.63, 3.8) is 0 Å². The van der Waals surface area contributed by atoms with Crippen molar-refractivity contribution in [3.05, 3.63) is 35.9 Å². The van der Waals surface area contributed by atoms with Gasteiger partial charge in [0.2, 0.25) is 0 Å². The lowest BCUT2D eigenvalue weighted by Crippen LogP contribution is -2.45. The Kier molecular flexibility index (Phi) is 6.02. The zero-order valence-electron chi connectivity index (χ0n) is 14.3. The molecule has 1 unspecified atom stereocenters. The fourth-order valence-electron chi connectivity index (χ4n) is 2.86. The third-order valence-electron chi connectivity index (χ3n) is 3.99. The molecule has 1 aliphatic rings. The fourth-order valence-corrected chi connectivity index (χ4v) is 2.86. The van der Waals surface area contributed by atoms with E-state index in [9.17, 15) is 9.90 Å². The van der Waals surface area contributed by atoms with Gasteiger partial charge in [-0.25, -0.2) is 4.79 Å². The van der Waals surface area contributed by atoms with Gasteiger partial charge < -0.3 is 20.1 Å². The molecule has 5 heteroatoms. The molecule has 1 aliphatic heterocycles. The van der Waals surface area contributed by atoms with Crippen molar-refractivity contribution in [3.8, 4) is 0 Å². The highest BCUT2D eigenvalue weighted by Crippen LogP contribution is 2.21. The normalized spacial score (nSPS) is 19.7. The second-order valence-corrected chi connectivity index (χ2v) is 7.02. The van der Waals surface area contributed by atoms with Crippen LogP contribution in [0.5, 0.6) is 0 Å². The van der Waals surface area contributed by atoms with Crippen molar-refractivity contribution in [2.45, 2.75) is 51.3 Å².